The van der Waals surface area contributed by atoms with Gasteiger partial charge in [-0.05, 0) is 50.5 Å². The SMILES string of the molecule is Cc1cc(C)c2ccc(NC(=O)c3c[nH]c4c3C(=O)CCC4)nc2n1. The van der Waals surface area contributed by atoms with Gasteiger partial charge >= 0.3 is 0 Å². The molecule has 0 saturated carbocycles. The number of hydrogen-bond donors (Lipinski definition) is 2. The highest BCUT2D eigenvalue weighted by molar-refractivity contribution is 6.13. The number of fused-ring (bicyclic) bond motifs is 2. The quantitative estimate of drug-likeness (QED) is 0.752. The van der Waals surface area contributed by atoms with Crippen LogP contribution in [0.5, 0.6) is 0 Å². The minimum atomic E-state index is -0.330. The van der Waals surface area contributed by atoms with Gasteiger partial charge in [0.25, 0.3) is 5.91 Å². The Kier molecular flexibility index (Phi) is 3.60. The van der Waals surface area contributed by atoms with E-state index >= 15 is 0 Å². The Bertz CT molecular complexity index is 1020. The number of nitrogens with zero attached hydrogens (tertiary/aromatic N) is 2. The molecule has 3 heterocycles. The lowest BCUT2D eigenvalue weighted by molar-refractivity contribution is 0.0956. The van der Waals surface area contributed by atoms with Crippen LogP contribution in [0, 0.1) is 13.8 Å². The zero-order chi connectivity index (χ0) is 17.6. The van der Waals surface area contributed by atoms with E-state index in [1.165, 1.54) is 0 Å². The fourth-order valence-corrected chi connectivity index (χ4v) is 3.40. The zero-order valence-corrected chi connectivity index (χ0v) is 14.1. The monoisotopic (exact) mass is 334 g/mol. The lowest BCUT2D eigenvalue weighted by Gasteiger charge is -2.12. The molecule has 0 bridgehead atoms. The minimum absolute atomic E-state index is 0.0204. The third kappa shape index (κ3) is 2.69. The predicted octanol–water partition coefficient (Wildman–Crippen LogP) is 3.35. The molecule has 1 aliphatic carbocycles. The van der Waals surface area contributed by atoms with Crippen LogP contribution in [-0.4, -0.2) is 26.6 Å². The van der Waals surface area contributed by atoms with Crippen molar-refractivity contribution in [1.29, 1.82) is 0 Å². The lowest BCUT2D eigenvalue weighted by Crippen LogP contribution is -2.18. The summed E-state index contributed by atoms with van der Waals surface area (Å²) in [6.45, 7) is 3.92. The van der Waals surface area contributed by atoms with E-state index < -0.39 is 0 Å². The first-order valence-electron chi connectivity index (χ1n) is 8.33. The van der Waals surface area contributed by atoms with Crippen LogP contribution in [-0.2, 0) is 6.42 Å². The molecule has 0 radical (unpaired) electrons. The Labute approximate surface area is 144 Å². The number of hydrogen-bond acceptors (Lipinski definition) is 4. The van der Waals surface area contributed by atoms with E-state index in [9.17, 15) is 9.59 Å². The van der Waals surface area contributed by atoms with Gasteiger partial charge in [-0.25, -0.2) is 9.97 Å². The summed E-state index contributed by atoms with van der Waals surface area (Å²) < 4.78 is 0. The number of pyridine rings is 2. The van der Waals surface area contributed by atoms with E-state index in [4.69, 9.17) is 0 Å². The Balaban J connectivity index is 1.67. The number of carbonyl (C=O) groups is 2. The first-order valence-corrected chi connectivity index (χ1v) is 8.33. The minimum Gasteiger partial charge on any atom is -0.364 e. The van der Waals surface area contributed by atoms with E-state index in [1.54, 1.807) is 12.3 Å². The molecule has 0 aromatic carbocycles. The molecule has 1 amide bonds. The molecule has 0 spiro atoms. The summed E-state index contributed by atoms with van der Waals surface area (Å²) in [5.74, 6) is 0.115. The van der Waals surface area contributed by atoms with Crippen molar-refractivity contribution in [3.05, 3.63) is 52.5 Å². The van der Waals surface area contributed by atoms with Crippen molar-refractivity contribution in [1.82, 2.24) is 15.0 Å². The normalized spacial score (nSPS) is 13.8. The maximum Gasteiger partial charge on any atom is 0.259 e. The number of amides is 1. The summed E-state index contributed by atoms with van der Waals surface area (Å²) >= 11 is 0. The van der Waals surface area contributed by atoms with Crippen LogP contribution in [0.1, 0.15) is 50.5 Å². The topological polar surface area (TPSA) is 87.7 Å². The molecule has 0 fully saturated rings. The molecule has 3 aromatic rings. The van der Waals surface area contributed by atoms with Crippen LogP contribution in [0.2, 0.25) is 0 Å². The first kappa shape index (κ1) is 15.5. The number of H-pyrrole nitrogens is 1. The number of nitrogens with one attached hydrogen (secondary N) is 2. The van der Waals surface area contributed by atoms with Crippen LogP contribution in [0.4, 0.5) is 5.82 Å². The van der Waals surface area contributed by atoms with E-state index in [0.717, 1.165) is 35.2 Å². The van der Waals surface area contributed by atoms with Gasteiger partial charge in [0, 0.05) is 29.4 Å². The van der Waals surface area contributed by atoms with Gasteiger partial charge < -0.3 is 10.3 Å². The molecule has 4 rings (SSSR count). The molecule has 1 aliphatic rings. The van der Waals surface area contributed by atoms with Crippen molar-refractivity contribution in [3.8, 4) is 0 Å². The number of aryl methyl sites for hydroxylation is 3. The molecular weight excluding hydrogens is 316 g/mol. The van der Waals surface area contributed by atoms with Gasteiger partial charge in [0.15, 0.2) is 11.4 Å². The van der Waals surface area contributed by atoms with E-state index in [0.29, 0.717) is 29.0 Å². The van der Waals surface area contributed by atoms with E-state index in [-0.39, 0.29) is 11.7 Å². The van der Waals surface area contributed by atoms with Gasteiger partial charge in [0.05, 0.1) is 11.1 Å². The number of aromatic nitrogens is 3. The van der Waals surface area contributed by atoms with Gasteiger partial charge in [0.1, 0.15) is 5.82 Å². The highest BCUT2D eigenvalue weighted by atomic mass is 16.2. The Morgan fingerprint density at radius 1 is 1.20 bits per heavy atom. The first-order chi connectivity index (χ1) is 12.0. The molecular formula is C19H18N4O2. The average molecular weight is 334 g/mol. The third-order valence-corrected chi connectivity index (χ3v) is 4.57. The Morgan fingerprint density at radius 2 is 2.04 bits per heavy atom. The standard InChI is InChI=1S/C19H18N4O2/c1-10-8-11(2)21-18-12(10)6-7-16(22-18)23-19(25)13-9-20-14-4-3-5-15(24)17(13)14/h6-9,20H,3-5H2,1-2H3,(H,21,22,23,25). The highest BCUT2D eigenvalue weighted by Crippen LogP contribution is 2.25. The van der Waals surface area contributed by atoms with Crippen molar-refractivity contribution in [2.45, 2.75) is 33.1 Å². The second-order valence-electron chi connectivity index (χ2n) is 6.43. The molecule has 0 atom stereocenters. The summed E-state index contributed by atoms with van der Waals surface area (Å²) in [5.41, 5.74) is 4.33. The molecule has 3 aromatic heterocycles. The number of ketones is 1. The summed E-state index contributed by atoms with van der Waals surface area (Å²) in [6.07, 6.45) is 3.72. The fourth-order valence-electron chi connectivity index (χ4n) is 3.40. The van der Waals surface area contributed by atoms with Gasteiger partial charge in [-0.15, -0.1) is 0 Å². The van der Waals surface area contributed by atoms with Crippen LogP contribution >= 0.6 is 0 Å². The largest absolute Gasteiger partial charge is 0.364 e. The third-order valence-electron chi connectivity index (χ3n) is 4.57. The van der Waals surface area contributed by atoms with Gasteiger partial charge in [-0.2, -0.15) is 0 Å². The number of anilines is 1. The molecule has 0 saturated heterocycles. The Hall–Kier alpha value is -3.02. The molecule has 2 N–H and O–H groups in total. The summed E-state index contributed by atoms with van der Waals surface area (Å²) in [6, 6.07) is 5.66. The van der Waals surface area contributed by atoms with Crippen LogP contribution < -0.4 is 5.32 Å². The van der Waals surface area contributed by atoms with Gasteiger partial charge in [0.2, 0.25) is 0 Å². The van der Waals surface area contributed by atoms with Crippen molar-refractivity contribution >= 4 is 28.5 Å². The lowest BCUT2D eigenvalue weighted by atomic mass is 9.93. The molecule has 25 heavy (non-hydrogen) atoms. The van der Waals surface area contributed by atoms with Crippen LogP contribution in [0.25, 0.3) is 11.0 Å². The van der Waals surface area contributed by atoms with Crippen LogP contribution in [0.15, 0.2) is 24.4 Å². The van der Waals surface area contributed by atoms with E-state index in [1.807, 2.05) is 26.0 Å². The summed E-state index contributed by atoms with van der Waals surface area (Å²) in [5, 5.41) is 3.74. The number of aromatic amines is 1. The summed E-state index contributed by atoms with van der Waals surface area (Å²) in [4.78, 5) is 36.7. The molecule has 6 nitrogen and oxygen atoms in total. The van der Waals surface area contributed by atoms with Crippen molar-refractivity contribution in [2.24, 2.45) is 0 Å². The predicted molar refractivity (Wildman–Crippen MR) is 95.0 cm³/mol. The van der Waals surface area contributed by atoms with Crippen LogP contribution in [0.3, 0.4) is 0 Å². The molecule has 126 valence electrons. The second-order valence-corrected chi connectivity index (χ2v) is 6.43. The number of carbonyl (C=O) groups excluding carboxylic acids is 2. The smallest absolute Gasteiger partial charge is 0.259 e. The Morgan fingerprint density at radius 3 is 2.88 bits per heavy atom. The second kappa shape index (κ2) is 5.81. The number of Topliss-reactive ketones (excluding diaryl/α,β-unsaturated/α-hetero) is 1. The van der Waals surface area contributed by atoms with Crippen molar-refractivity contribution in [2.75, 3.05) is 5.32 Å². The van der Waals surface area contributed by atoms with Crippen molar-refractivity contribution in [3.63, 3.8) is 0 Å². The zero-order valence-electron chi connectivity index (χ0n) is 14.1. The molecule has 6 heteroatoms. The summed E-state index contributed by atoms with van der Waals surface area (Å²) in [7, 11) is 0. The highest BCUT2D eigenvalue weighted by Gasteiger charge is 2.26. The van der Waals surface area contributed by atoms with E-state index in [2.05, 4.69) is 20.3 Å². The maximum atomic E-state index is 12.6. The van der Waals surface area contributed by atoms with Gasteiger partial charge in [-0.1, -0.05) is 0 Å². The fraction of sp³-hybridized carbons (Fsp3) is 0.263. The average Bonchev–Trinajstić information content (AvgIpc) is 3.00. The maximum absolute atomic E-state index is 12.6. The van der Waals surface area contributed by atoms with Crippen molar-refractivity contribution < 1.29 is 9.59 Å². The van der Waals surface area contributed by atoms with Gasteiger partial charge in [-0.3, -0.25) is 9.59 Å². The molecule has 0 unspecified atom stereocenters. The number of rotatable bonds is 2. The molecule has 0 aliphatic heterocycles.